The van der Waals surface area contributed by atoms with E-state index in [4.69, 9.17) is 9.84 Å². The Labute approximate surface area is 105 Å². The molecule has 0 radical (unpaired) electrons. The third-order valence-corrected chi connectivity index (χ3v) is 2.55. The van der Waals surface area contributed by atoms with Crippen molar-refractivity contribution in [3.05, 3.63) is 47.5 Å². The molecule has 1 N–H and O–H groups in total. The number of imidazole rings is 1. The van der Waals surface area contributed by atoms with E-state index in [2.05, 4.69) is 4.98 Å². The van der Waals surface area contributed by atoms with E-state index in [1.165, 1.54) is 6.20 Å². The van der Waals surface area contributed by atoms with E-state index in [0.29, 0.717) is 5.82 Å². The Kier molecular flexibility index (Phi) is 3.32. The van der Waals surface area contributed by atoms with Gasteiger partial charge >= 0.3 is 5.97 Å². The number of carboxylic acids is 1. The van der Waals surface area contributed by atoms with Gasteiger partial charge in [0.25, 0.3) is 0 Å². The fraction of sp³-hybridized carbons (Fsp3) is 0.231. The average molecular weight is 246 g/mol. The van der Waals surface area contributed by atoms with Gasteiger partial charge < -0.3 is 14.4 Å². The lowest BCUT2D eigenvalue weighted by Gasteiger charge is -2.06. The van der Waals surface area contributed by atoms with Crippen molar-refractivity contribution in [3.63, 3.8) is 0 Å². The number of ether oxygens (including phenoxy) is 1. The number of hydrogen-bond donors (Lipinski definition) is 1. The van der Waals surface area contributed by atoms with Gasteiger partial charge in [0.15, 0.2) is 5.69 Å². The third kappa shape index (κ3) is 2.68. The molecule has 2 aromatic rings. The number of rotatable bonds is 4. The average Bonchev–Trinajstić information content (AvgIpc) is 2.68. The summed E-state index contributed by atoms with van der Waals surface area (Å²) >= 11 is 0. The van der Waals surface area contributed by atoms with Crippen LogP contribution < -0.4 is 4.74 Å². The van der Waals surface area contributed by atoms with E-state index in [1.54, 1.807) is 11.6 Å². The molecule has 0 unspecified atom stereocenters. The van der Waals surface area contributed by atoms with Gasteiger partial charge in [-0.25, -0.2) is 9.78 Å². The van der Waals surface area contributed by atoms with Crippen molar-refractivity contribution in [2.75, 3.05) is 0 Å². The van der Waals surface area contributed by atoms with Gasteiger partial charge in [0.2, 0.25) is 0 Å². The summed E-state index contributed by atoms with van der Waals surface area (Å²) in [6.45, 7) is 2.23. The number of hydrogen-bond acceptors (Lipinski definition) is 3. The number of benzene rings is 1. The third-order valence-electron chi connectivity index (χ3n) is 2.55. The number of aryl methyl sites for hydroxylation is 2. The lowest BCUT2D eigenvalue weighted by molar-refractivity contribution is 0.0690. The van der Waals surface area contributed by atoms with Crippen LogP contribution in [-0.4, -0.2) is 20.6 Å². The summed E-state index contributed by atoms with van der Waals surface area (Å²) in [6.07, 6.45) is 1.47. The highest BCUT2D eigenvalue weighted by atomic mass is 16.5. The van der Waals surface area contributed by atoms with Crippen molar-refractivity contribution in [1.82, 2.24) is 9.55 Å². The molecule has 0 amide bonds. The molecule has 1 heterocycles. The Bertz CT molecular complexity index is 575. The molecule has 94 valence electrons. The molecular formula is C13H14N2O3. The van der Waals surface area contributed by atoms with Crippen LogP contribution in [0.1, 0.15) is 21.9 Å². The molecule has 1 aromatic carbocycles. The normalized spacial score (nSPS) is 10.3. The molecule has 0 spiro atoms. The second-order valence-corrected chi connectivity index (χ2v) is 4.06. The summed E-state index contributed by atoms with van der Waals surface area (Å²) in [4.78, 5) is 14.8. The van der Waals surface area contributed by atoms with E-state index in [9.17, 15) is 4.79 Å². The zero-order valence-electron chi connectivity index (χ0n) is 10.3. The fourth-order valence-corrected chi connectivity index (χ4v) is 1.59. The molecule has 0 fully saturated rings. The number of aromatic carboxylic acids is 1. The molecule has 0 aliphatic rings. The summed E-state index contributed by atoms with van der Waals surface area (Å²) in [5, 5.41) is 8.83. The highest BCUT2D eigenvalue weighted by Gasteiger charge is 2.11. The van der Waals surface area contributed by atoms with Crippen LogP contribution in [0.15, 0.2) is 30.5 Å². The summed E-state index contributed by atoms with van der Waals surface area (Å²) in [7, 11) is 1.74. The van der Waals surface area contributed by atoms with E-state index in [1.807, 2.05) is 31.2 Å². The first-order valence-electron chi connectivity index (χ1n) is 5.51. The molecule has 0 aliphatic heterocycles. The number of nitrogens with zero attached hydrogens (tertiary/aromatic N) is 2. The first-order chi connectivity index (χ1) is 8.56. The number of carbonyl (C=O) groups is 1. The van der Waals surface area contributed by atoms with Gasteiger partial charge in [0, 0.05) is 13.2 Å². The number of aromatic nitrogens is 2. The monoisotopic (exact) mass is 246 g/mol. The quantitative estimate of drug-likeness (QED) is 0.896. The SMILES string of the molecule is Cc1cccc(OCc2nc(C(=O)O)cn2C)c1. The molecule has 0 atom stereocenters. The Hall–Kier alpha value is -2.30. The lowest BCUT2D eigenvalue weighted by Crippen LogP contribution is -2.03. The van der Waals surface area contributed by atoms with Crippen molar-refractivity contribution < 1.29 is 14.6 Å². The van der Waals surface area contributed by atoms with Gasteiger partial charge in [-0.1, -0.05) is 12.1 Å². The van der Waals surface area contributed by atoms with E-state index >= 15 is 0 Å². The van der Waals surface area contributed by atoms with Crippen molar-refractivity contribution >= 4 is 5.97 Å². The minimum Gasteiger partial charge on any atom is -0.486 e. The first-order valence-corrected chi connectivity index (χ1v) is 5.51. The minimum atomic E-state index is -1.03. The maximum atomic E-state index is 10.8. The molecule has 0 saturated carbocycles. The molecule has 0 aliphatic carbocycles. The van der Waals surface area contributed by atoms with Crippen molar-refractivity contribution in [1.29, 1.82) is 0 Å². The molecule has 1 aromatic heterocycles. The molecule has 5 heteroatoms. The van der Waals surface area contributed by atoms with E-state index < -0.39 is 5.97 Å². The van der Waals surface area contributed by atoms with Crippen molar-refractivity contribution in [2.24, 2.45) is 7.05 Å². The van der Waals surface area contributed by atoms with Crippen molar-refractivity contribution in [3.8, 4) is 5.75 Å². The van der Waals surface area contributed by atoms with Crippen LogP contribution in [0.25, 0.3) is 0 Å². The van der Waals surface area contributed by atoms with Gasteiger partial charge in [-0.15, -0.1) is 0 Å². The van der Waals surface area contributed by atoms with Crippen LogP contribution in [-0.2, 0) is 13.7 Å². The fourth-order valence-electron chi connectivity index (χ4n) is 1.59. The van der Waals surface area contributed by atoms with Gasteiger partial charge in [-0.2, -0.15) is 0 Å². The van der Waals surface area contributed by atoms with E-state index in [0.717, 1.165) is 11.3 Å². The maximum absolute atomic E-state index is 10.8. The standard InChI is InChI=1S/C13H14N2O3/c1-9-4-3-5-10(6-9)18-8-12-14-11(13(16)17)7-15(12)2/h3-7H,8H2,1-2H3,(H,16,17). The van der Waals surface area contributed by atoms with Gasteiger partial charge in [0.1, 0.15) is 18.2 Å². The van der Waals surface area contributed by atoms with Crippen LogP contribution in [0.2, 0.25) is 0 Å². The lowest BCUT2D eigenvalue weighted by atomic mass is 10.2. The largest absolute Gasteiger partial charge is 0.486 e. The van der Waals surface area contributed by atoms with Crippen LogP contribution in [0.4, 0.5) is 0 Å². The summed E-state index contributed by atoms with van der Waals surface area (Å²) in [6, 6.07) is 7.66. The summed E-state index contributed by atoms with van der Waals surface area (Å²) in [5.74, 6) is 0.288. The smallest absolute Gasteiger partial charge is 0.356 e. The highest BCUT2D eigenvalue weighted by Crippen LogP contribution is 2.14. The zero-order chi connectivity index (χ0) is 13.1. The Morgan fingerprint density at radius 2 is 2.28 bits per heavy atom. The van der Waals surface area contributed by atoms with Crippen LogP contribution in [0.3, 0.4) is 0 Å². The Morgan fingerprint density at radius 3 is 2.89 bits per heavy atom. The van der Waals surface area contributed by atoms with Crippen LogP contribution in [0, 0.1) is 6.92 Å². The Balaban J connectivity index is 2.08. The molecular weight excluding hydrogens is 232 g/mol. The molecule has 0 bridgehead atoms. The second kappa shape index (κ2) is 4.91. The van der Waals surface area contributed by atoms with E-state index in [-0.39, 0.29) is 12.3 Å². The number of carboxylic acid groups (broad SMARTS) is 1. The molecule has 5 nitrogen and oxygen atoms in total. The maximum Gasteiger partial charge on any atom is 0.356 e. The highest BCUT2D eigenvalue weighted by molar-refractivity contribution is 5.85. The van der Waals surface area contributed by atoms with Crippen LogP contribution in [0.5, 0.6) is 5.75 Å². The van der Waals surface area contributed by atoms with Crippen LogP contribution >= 0.6 is 0 Å². The second-order valence-electron chi connectivity index (χ2n) is 4.06. The predicted molar refractivity (Wildman–Crippen MR) is 65.7 cm³/mol. The topological polar surface area (TPSA) is 64.3 Å². The molecule has 2 rings (SSSR count). The van der Waals surface area contributed by atoms with Gasteiger partial charge in [0.05, 0.1) is 0 Å². The first kappa shape index (κ1) is 12.2. The molecule has 0 saturated heterocycles. The minimum absolute atomic E-state index is 0.0281. The van der Waals surface area contributed by atoms with Gasteiger partial charge in [-0.3, -0.25) is 0 Å². The zero-order valence-corrected chi connectivity index (χ0v) is 10.3. The van der Waals surface area contributed by atoms with Crippen molar-refractivity contribution in [2.45, 2.75) is 13.5 Å². The molecule has 18 heavy (non-hydrogen) atoms. The van der Waals surface area contributed by atoms with Gasteiger partial charge in [-0.05, 0) is 24.6 Å². The Morgan fingerprint density at radius 1 is 1.50 bits per heavy atom. The summed E-state index contributed by atoms with van der Waals surface area (Å²) < 4.78 is 7.22. The summed E-state index contributed by atoms with van der Waals surface area (Å²) in [5.41, 5.74) is 1.14. The predicted octanol–water partition coefficient (Wildman–Crippen LogP) is 2.01.